The van der Waals surface area contributed by atoms with Crippen LogP contribution in [-0.4, -0.2) is 14.6 Å². The van der Waals surface area contributed by atoms with E-state index in [1.807, 2.05) is 19.6 Å². The quantitative estimate of drug-likeness (QED) is 0.339. The van der Waals surface area contributed by atoms with Crippen molar-refractivity contribution in [1.82, 2.24) is 0 Å². The largest absolute Gasteiger partial charge is 0.542 e. The Labute approximate surface area is 56.7 Å². The van der Waals surface area contributed by atoms with Gasteiger partial charge in [-0.25, -0.2) is 0 Å². The van der Waals surface area contributed by atoms with E-state index in [-0.39, 0.29) is 5.76 Å². The average Bonchev–Trinajstić information content (AvgIpc) is 1.62. The van der Waals surface area contributed by atoms with Crippen molar-refractivity contribution >= 4 is 14.6 Å². The van der Waals surface area contributed by atoms with E-state index in [9.17, 15) is 4.79 Å². The summed E-state index contributed by atoms with van der Waals surface area (Å²) in [6, 6.07) is 0. The van der Waals surface area contributed by atoms with Gasteiger partial charge in [-0.05, 0) is 19.6 Å². The molecule has 0 bridgehead atoms. The number of hydrogen-bond donors (Lipinski definition) is 0. The van der Waals surface area contributed by atoms with Gasteiger partial charge in [-0.15, -0.1) is 0 Å². The number of rotatable bonds is 3. The Bertz CT molecular complexity index is 124. The van der Waals surface area contributed by atoms with Crippen LogP contribution in [0.2, 0.25) is 19.6 Å². The molecule has 0 aliphatic heterocycles. The van der Waals surface area contributed by atoms with Gasteiger partial charge in [0.1, 0.15) is 5.76 Å². The highest BCUT2D eigenvalue weighted by Crippen LogP contribution is 2.05. The van der Waals surface area contributed by atoms with Crippen LogP contribution in [0.1, 0.15) is 0 Å². The third-order valence-corrected chi connectivity index (χ3v) is 1.40. The maximum absolute atomic E-state index is 9.86. The minimum Gasteiger partial charge on any atom is -0.542 e. The van der Waals surface area contributed by atoms with E-state index in [0.29, 0.717) is 0 Å². The fourth-order valence-corrected chi connectivity index (χ4v) is 1.17. The molecule has 0 atom stereocenters. The molecule has 0 N–H and O–H groups in total. The molecule has 3 heteroatoms. The molecule has 0 saturated carbocycles. The molecule has 1 radical (unpaired) electrons. The highest BCUT2D eigenvalue weighted by atomic mass is 28.4. The summed E-state index contributed by atoms with van der Waals surface area (Å²) in [6.45, 7) is 9.29. The fourth-order valence-electron chi connectivity index (χ4n) is 0.390. The predicted octanol–water partition coefficient (Wildman–Crippen LogP) is 1.46. The molecule has 0 unspecified atom stereocenters. The maximum Gasteiger partial charge on any atom is 0.269 e. The predicted molar refractivity (Wildman–Crippen MR) is 39.3 cm³/mol. The number of allylic oxidation sites excluding steroid dienone is 1. The normalized spacial score (nSPS) is 10.6. The van der Waals surface area contributed by atoms with Crippen molar-refractivity contribution in [2.24, 2.45) is 0 Å². The van der Waals surface area contributed by atoms with Crippen LogP contribution in [0.15, 0.2) is 12.3 Å². The standard InChI is InChI=1S/C6H11O2Si/c1-6(5-7)8-9(2,3)4/h1H2,2-4H3. The molecule has 0 fully saturated rings. The molecule has 51 valence electrons. The first-order valence-corrected chi connectivity index (χ1v) is 6.12. The fraction of sp³-hybridized carbons (Fsp3) is 0.500. The van der Waals surface area contributed by atoms with Crippen LogP contribution in [-0.2, 0) is 9.22 Å². The first kappa shape index (κ1) is 8.43. The second kappa shape index (κ2) is 2.82. The van der Waals surface area contributed by atoms with Gasteiger partial charge in [-0.1, -0.05) is 6.58 Å². The molecule has 0 heterocycles. The zero-order valence-electron chi connectivity index (χ0n) is 6.02. The zero-order valence-corrected chi connectivity index (χ0v) is 7.02. The summed E-state index contributed by atoms with van der Waals surface area (Å²) in [4.78, 5) is 9.86. The van der Waals surface area contributed by atoms with E-state index < -0.39 is 8.32 Å². The molecule has 0 aromatic heterocycles. The first-order chi connectivity index (χ1) is 3.95. The average molecular weight is 143 g/mol. The molecule has 0 spiro atoms. The Kier molecular flexibility index (Phi) is 2.64. The van der Waals surface area contributed by atoms with Crippen molar-refractivity contribution in [1.29, 1.82) is 0 Å². The molecule has 0 rings (SSSR count). The summed E-state index contributed by atoms with van der Waals surface area (Å²) in [5.41, 5.74) is 0. The highest BCUT2D eigenvalue weighted by Gasteiger charge is 2.16. The Morgan fingerprint density at radius 1 is 1.56 bits per heavy atom. The molecule has 0 aromatic carbocycles. The Morgan fingerprint density at radius 2 is 2.00 bits per heavy atom. The van der Waals surface area contributed by atoms with E-state index in [1.165, 1.54) is 0 Å². The summed E-state index contributed by atoms with van der Waals surface area (Å²) in [5.74, 6) is 0.120. The smallest absolute Gasteiger partial charge is 0.269 e. The van der Waals surface area contributed by atoms with Gasteiger partial charge < -0.3 is 4.43 Å². The van der Waals surface area contributed by atoms with Crippen LogP contribution in [0.3, 0.4) is 0 Å². The lowest BCUT2D eigenvalue weighted by Crippen LogP contribution is -2.24. The third kappa shape index (κ3) is 5.30. The summed E-state index contributed by atoms with van der Waals surface area (Å²) < 4.78 is 5.11. The van der Waals surface area contributed by atoms with Crippen molar-refractivity contribution in [2.45, 2.75) is 19.6 Å². The Morgan fingerprint density at radius 3 is 2.11 bits per heavy atom. The van der Waals surface area contributed by atoms with Crippen LogP contribution in [0.4, 0.5) is 0 Å². The molecule has 0 aromatic rings. The highest BCUT2D eigenvalue weighted by molar-refractivity contribution is 6.70. The van der Waals surface area contributed by atoms with E-state index >= 15 is 0 Å². The van der Waals surface area contributed by atoms with Crippen molar-refractivity contribution in [3.8, 4) is 0 Å². The van der Waals surface area contributed by atoms with E-state index in [2.05, 4.69) is 6.58 Å². The topological polar surface area (TPSA) is 26.3 Å². The third-order valence-electron chi connectivity index (χ3n) is 0.543. The monoisotopic (exact) mass is 143 g/mol. The molecular weight excluding hydrogens is 132 g/mol. The minimum atomic E-state index is -1.60. The van der Waals surface area contributed by atoms with Gasteiger partial charge >= 0.3 is 0 Å². The van der Waals surface area contributed by atoms with Crippen LogP contribution >= 0.6 is 0 Å². The van der Waals surface area contributed by atoms with Gasteiger partial charge in [0.2, 0.25) is 8.32 Å². The Balaban J connectivity index is 3.74. The second-order valence-electron chi connectivity index (χ2n) is 2.74. The zero-order chi connectivity index (χ0) is 7.49. The summed E-state index contributed by atoms with van der Waals surface area (Å²) >= 11 is 0. The molecule has 0 aliphatic rings. The number of carbonyl (C=O) groups excluding carboxylic acids is 1. The van der Waals surface area contributed by atoms with Crippen LogP contribution < -0.4 is 0 Å². The van der Waals surface area contributed by atoms with Gasteiger partial charge in [0, 0.05) is 0 Å². The van der Waals surface area contributed by atoms with Gasteiger partial charge in [0.05, 0.1) is 0 Å². The van der Waals surface area contributed by atoms with Crippen molar-refractivity contribution in [3.63, 3.8) is 0 Å². The van der Waals surface area contributed by atoms with Crippen molar-refractivity contribution in [3.05, 3.63) is 12.3 Å². The van der Waals surface area contributed by atoms with Crippen molar-refractivity contribution in [2.75, 3.05) is 0 Å². The van der Waals surface area contributed by atoms with Crippen molar-refractivity contribution < 1.29 is 9.22 Å². The summed E-state index contributed by atoms with van der Waals surface area (Å²) in [5, 5.41) is 0. The molecule has 9 heavy (non-hydrogen) atoms. The van der Waals surface area contributed by atoms with Gasteiger partial charge in [-0.3, -0.25) is 4.79 Å². The summed E-state index contributed by atoms with van der Waals surface area (Å²) in [7, 11) is -1.60. The minimum absolute atomic E-state index is 0.120. The van der Waals surface area contributed by atoms with E-state index in [0.717, 1.165) is 0 Å². The van der Waals surface area contributed by atoms with Crippen LogP contribution in [0.25, 0.3) is 0 Å². The van der Waals surface area contributed by atoms with Gasteiger partial charge in [-0.2, -0.15) is 0 Å². The van der Waals surface area contributed by atoms with E-state index in [1.54, 1.807) is 6.29 Å². The van der Waals surface area contributed by atoms with Gasteiger partial charge in [0.25, 0.3) is 6.29 Å². The Hall–Kier alpha value is -0.573. The molecule has 0 saturated heterocycles. The van der Waals surface area contributed by atoms with Crippen LogP contribution in [0.5, 0.6) is 0 Å². The molecule has 0 amide bonds. The van der Waals surface area contributed by atoms with Crippen LogP contribution in [0, 0.1) is 0 Å². The molecular formula is C6H11O2Si. The molecule has 2 nitrogen and oxygen atoms in total. The number of hydrogen-bond acceptors (Lipinski definition) is 2. The van der Waals surface area contributed by atoms with Gasteiger partial charge in [0.15, 0.2) is 0 Å². The first-order valence-electron chi connectivity index (χ1n) is 2.72. The lowest BCUT2D eigenvalue weighted by atomic mass is 10.7. The second-order valence-corrected chi connectivity index (χ2v) is 7.17. The molecule has 0 aliphatic carbocycles. The van der Waals surface area contributed by atoms with E-state index in [4.69, 9.17) is 4.43 Å². The maximum atomic E-state index is 9.86. The SMILES string of the molecule is C=C([C]=O)O[Si](C)(C)C. The summed E-state index contributed by atoms with van der Waals surface area (Å²) in [6.07, 6.45) is 1.59. The lowest BCUT2D eigenvalue weighted by Gasteiger charge is -2.16. The lowest BCUT2D eigenvalue weighted by molar-refractivity contribution is 0.438.